The van der Waals surface area contributed by atoms with Crippen LogP contribution in [-0.2, 0) is 0 Å². The normalized spacial score (nSPS) is 19.8. The zero-order chi connectivity index (χ0) is 18.8. The van der Waals surface area contributed by atoms with Crippen molar-refractivity contribution < 1.29 is 9.21 Å². The summed E-state index contributed by atoms with van der Waals surface area (Å²) < 4.78 is 7.48. The van der Waals surface area contributed by atoms with Crippen molar-refractivity contribution in [1.29, 1.82) is 0 Å². The summed E-state index contributed by atoms with van der Waals surface area (Å²) in [5.41, 5.74) is 1.99. The Kier molecular flexibility index (Phi) is 4.81. The van der Waals surface area contributed by atoms with Crippen LogP contribution in [0.3, 0.4) is 0 Å². The van der Waals surface area contributed by atoms with E-state index >= 15 is 0 Å². The maximum Gasteiger partial charge on any atom is 0.255 e. The zero-order valence-electron chi connectivity index (χ0n) is 15.6. The standard InChI is InChI=1S/C21H24N4O2/c1-14-12-16(10-11-22-14)23-21(26)18-13-25(17-6-4-3-5-7-17)24-20(18)19-9-8-15(2)27-19/h3-9,13-14,16,22H,10-12H2,1-2H3,(H,23,26). The molecule has 140 valence electrons. The molecule has 27 heavy (non-hydrogen) atoms. The summed E-state index contributed by atoms with van der Waals surface area (Å²) in [5, 5.41) is 11.2. The van der Waals surface area contributed by atoms with Crippen LogP contribution in [-0.4, -0.2) is 34.3 Å². The second-order valence-electron chi connectivity index (χ2n) is 7.13. The Balaban J connectivity index is 1.67. The summed E-state index contributed by atoms with van der Waals surface area (Å²) in [4.78, 5) is 13.0. The smallest absolute Gasteiger partial charge is 0.255 e. The van der Waals surface area contributed by atoms with Gasteiger partial charge in [0.25, 0.3) is 5.91 Å². The van der Waals surface area contributed by atoms with Crippen LogP contribution in [0.25, 0.3) is 17.1 Å². The van der Waals surface area contributed by atoms with E-state index in [1.54, 1.807) is 10.9 Å². The average Bonchev–Trinajstić information content (AvgIpc) is 3.29. The van der Waals surface area contributed by atoms with Gasteiger partial charge in [0.2, 0.25) is 0 Å². The minimum atomic E-state index is -0.111. The lowest BCUT2D eigenvalue weighted by molar-refractivity contribution is 0.0926. The minimum absolute atomic E-state index is 0.111. The molecule has 2 N–H and O–H groups in total. The second kappa shape index (κ2) is 7.40. The fraction of sp³-hybridized carbons (Fsp3) is 0.333. The molecule has 0 bridgehead atoms. The molecule has 2 aromatic heterocycles. The molecule has 0 saturated carbocycles. The second-order valence-corrected chi connectivity index (χ2v) is 7.13. The molecule has 2 unspecified atom stereocenters. The summed E-state index contributed by atoms with van der Waals surface area (Å²) in [7, 11) is 0. The Morgan fingerprint density at radius 3 is 2.78 bits per heavy atom. The van der Waals surface area contributed by atoms with Crippen LogP contribution in [0.5, 0.6) is 0 Å². The van der Waals surface area contributed by atoms with Crippen LogP contribution in [0, 0.1) is 6.92 Å². The van der Waals surface area contributed by atoms with Crippen molar-refractivity contribution in [1.82, 2.24) is 20.4 Å². The Hall–Kier alpha value is -2.86. The molecule has 6 heteroatoms. The van der Waals surface area contributed by atoms with E-state index in [9.17, 15) is 4.79 Å². The molecule has 1 amide bonds. The molecule has 1 fully saturated rings. The SMILES string of the molecule is Cc1ccc(-c2nn(-c3ccccc3)cc2C(=O)NC2CCNC(C)C2)o1. The Bertz CT molecular complexity index is 929. The third-order valence-electron chi connectivity index (χ3n) is 4.91. The number of nitrogens with one attached hydrogen (secondary N) is 2. The first-order chi connectivity index (χ1) is 13.1. The lowest BCUT2D eigenvalue weighted by Crippen LogP contribution is -2.46. The van der Waals surface area contributed by atoms with E-state index in [1.807, 2.05) is 49.4 Å². The van der Waals surface area contributed by atoms with Gasteiger partial charge in [-0.15, -0.1) is 0 Å². The molecule has 1 saturated heterocycles. The number of benzene rings is 1. The average molecular weight is 364 g/mol. The monoisotopic (exact) mass is 364 g/mol. The highest BCUT2D eigenvalue weighted by Crippen LogP contribution is 2.26. The minimum Gasteiger partial charge on any atom is -0.460 e. The summed E-state index contributed by atoms with van der Waals surface area (Å²) in [6, 6.07) is 14.1. The number of aryl methyl sites for hydroxylation is 1. The number of nitrogens with zero attached hydrogens (tertiary/aromatic N) is 2. The Morgan fingerprint density at radius 1 is 1.26 bits per heavy atom. The molecule has 4 rings (SSSR count). The summed E-state index contributed by atoms with van der Waals surface area (Å²) in [6.07, 6.45) is 3.63. The predicted molar refractivity (Wildman–Crippen MR) is 104 cm³/mol. The third kappa shape index (κ3) is 3.80. The number of para-hydroxylation sites is 1. The van der Waals surface area contributed by atoms with Crippen molar-refractivity contribution >= 4 is 5.91 Å². The van der Waals surface area contributed by atoms with Crippen LogP contribution in [0.2, 0.25) is 0 Å². The van der Waals surface area contributed by atoms with Gasteiger partial charge >= 0.3 is 0 Å². The van der Waals surface area contributed by atoms with Gasteiger partial charge in [-0.05, 0) is 57.5 Å². The van der Waals surface area contributed by atoms with E-state index in [2.05, 4.69) is 22.7 Å². The van der Waals surface area contributed by atoms with Crippen LogP contribution in [0.15, 0.2) is 53.1 Å². The van der Waals surface area contributed by atoms with Crippen LogP contribution < -0.4 is 10.6 Å². The van der Waals surface area contributed by atoms with Gasteiger partial charge in [-0.25, -0.2) is 4.68 Å². The van der Waals surface area contributed by atoms with Gasteiger partial charge in [-0.2, -0.15) is 5.10 Å². The lowest BCUT2D eigenvalue weighted by atomic mass is 10.0. The zero-order valence-corrected chi connectivity index (χ0v) is 15.6. The highest BCUT2D eigenvalue weighted by atomic mass is 16.3. The van der Waals surface area contributed by atoms with Gasteiger partial charge in [0, 0.05) is 18.3 Å². The van der Waals surface area contributed by atoms with Crippen molar-refractivity contribution in [3.8, 4) is 17.1 Å². The fourth-order valence-electron chi connectivity index (χ4n) is 3.52. The van der Waals surface area contributed by atoms with Gasteiger partial charge in [0.15, 0.2) is 5.76 Å². The van der Waals surface area contributed by atoms with E-state index in [4.69, 9.17) is 4.42 Å². The van der Waals surface area contributed by atoms with E-state index in [0.717, 1.165) is 30.8 Å². The Labute approximate surface area is 158 Å². The first kappa shape index (κ1) is 17.5. The highest BCUT2D eigenvalue weighted by molar-refractivity contribution is 5.99. The molecule has 1 aliphatic heterocycles. The number of piperidine rings is 1. The largest absolute Gasteiger partial charge is 0.460 e. The fourth-order valence-corrected chi connectivity index (χ4v) is 3.52. The van der Waals surface area contributed by atoms with Crippen molar-refractivity contribution in [3.05, 3.63) is 60.0 Å². The van der Waals surface area contributed by atoms with Gasteiger partial charge in [0.05, 0.1) is 11.3 Å². The Morgan fingerprint density at radius 2 is 2.07 bits per heavy atom. The molecular formula is C21H24N4O2. The molecule has 0 spiro atoms. The maximum atomic E-state index is 13.0. The third-order valence-corrected chi connectivity index (χ3v) is 4.91. The summed E-state index contributed by atoms with van der Waals surface area (Å²) in [6.45, 7) is 4.94. The van der Waals surface area contributed by atoms with Crippen LogP contribution >= 0.6 is 0 Å². The molecule has 1 aliphatic rings. The topological polar surface area (TPSA) is 72.1 Å². The number of amides is 1. The summed E-state index contributed by atoms with van der Waals surface area (Å²) in [5.74, 6) is 1.28. The van der Waals surface area contributed by atoms with Crippen molar-refractivity contribution in [2.75, 3.05) is 6.54 Å². The number of furan rings is 1. The molecule has 3 aromatic rings. The predicted octanol–water partition coefficient (Wildman–Crippen LogP) is 3.31. The number of hydrogen-bond donors (Lipinski definition) is 2. The molecule has 2 atom stereocenters. The van der Waals surface area contributed by atoms with Crippen molar-refractivity contribution in [3.63, 3.8) is 0 Å². The molecule has 0 radical (unpaired) electrons. The number of carbonyl (C=O) groups excluding carboxylic acids is 1. The first-order valence-corrected chi connectivity index (χ1v) is 9.36. The van der Waals surface area contributed by atoms with E-state index in [0.29, 0.717) is 23.1 Å². The quantitative estimate of drug-likeness (QED) is 0.745. The van der Waals surface area contributed by atoms with E-state index < -0.39 is 0 Å². The van der Waals surface area contributed by atoms with Gasteiger partial charge < -0.3 is 15.1 Å². The molecule has 1 aromatic carbocycles. The number of hydrogen-bond acceptors (Lipinski definition) is 4. The summed E-state index contributed by atoms with van der Waals surface area (Å²) >= 11 is 0. The van der Waals surface area contributed by atoms with E-state index in [1.165, 1.54) is 0 Å². The van der Waals surface area contributed by atoms with Gasteiger partial charge in [-0.1, -0.05) is 18.2 Å². The molecular weight excluding hydrogens is 340 g/mol. The van der Waals surface area contributed by atoms with Crippen LogP contribution in [0.4, 0.5) is 0 Å². The molecule has 6 nitrogen and oxygen atoms in total. The van der Waals surface area contributed by atoms with Crippen LogP contribution in [0.1, 0.15) is 35.9 Å². The highest BCUT2D eigenvalue weighted by Gasteiger charge is 2.25. The molecule has 0 aliphatic carbocycles. The first-order valence-electron chi connectivity index (χ1n) is 9.36. The lowest BCUT2D eigenvalue weighted by Gasteiger charge is -2.28. The number of rotatable bonds is 4. The van der Waals surface area contributed by atoms with Gasteiger partial charge in [-0.3, -0.25) is 4.79 Å². The molecule has 3 heterocycles. The van der Waals surface area contributed by atoms with Crippen molar-refractivity contribution in [2.45, 2.75) is 38.8 Å². The van der Waals surface area contributed by atoms with Gasteiger partial charge in [0.1, 0.15) is 11.5 Å². The number of carbonyl (C=O) groups is 1. The van der Waals surface area contributed by atoms with E-state index in [-0.39, 0.29) is 11.9 Å². The van der Waals surface area contributed by atoms with Crippen molar-refractivity contribution in [2.24, 2.45) is 0 Å². The maximum absolute atomic E-state index is 13.0. The number of aromatic nitrogens is 2.